The Morgan fingerprint density at radius 3 is 2.30 bits per heavy atom. The van der Waals surface area contributed by atoms with Crippen molar-refractivity contribution in [3.63, 3.8) is 0 Å². The Hall–Kier alpha value is -1.14. The number of methoxy groups -OCH3 is 1. The standard InChI is InChI=1S/C34H63N3O7/c1-12-34(41-11)18-21(2)19-37(10)27(24-13-15-25(35-7)16-14-24)20-42-32(40)33(5,6)29(39)23(4)30(34)44-31-28(38)26(36(8)9)17-22(3)43-31/h21-28,30-31,35,38H,12-20H2,1-11H3/t21-,22-,23+,24?,25?,26+,27-,28-,30-,31+,34-/m1/s1. The number of Topliss-reactive ketones (excluding diaryl/α,β-unsaturated/α-hetero) is 1. The number of carbonyl (C=O) groups is 2. The van der Waals surface area contributed by atoms with Gasteiger partial charge in [0.1, 0.15) is 18.1 Å². The lowest BCUT2D eigenvalue weighted by Crippen LogP contribution is -2.60. The number of hydrogen-bond donors (Lipinski definition) is 2. The molecule has 0 amide bonds. The fourth-order valence-corrected chi connectivity index (χ4v) is 8.15. The highest BCUT2D eigenvalue weighted by Crippen LogP contribution is 2.40. The van der Waals surface area contributed by atoms with Crippen molar-refractivity contribution in [3.8, 4) is 0 Å². The van der Waals surface area contributed by atoms with Gasteiger partial charge in [-0.25, -0.2) is 0 Å². The molecule has 0 radical (unpaired) electrons. The van der Waals surface area contributed by atoms with E-state index < -0.39 is 41.4 Å². The second-order valence-electron chi connectivity index (χ2n) is 14.8. The first-order valence-corrected chi connectivity index (χ1v) is 16.9. The average Bonchev–Trinajstić information content (AvgIpc) is 2.99. The quantitative estimate of drug-likeness (QED) is 0.322. The highest BCUT2D eigenvalue weighted by Gasteiger charge is 2.52. The van der Waals surface area contributed by atoms with E-state index in [9.17, 15) is 14.7 Å². The summed E-state index contributed by atoms with van der Waals surface area (Å²) in [6, 6.07) is 0.420. The molecule has 44 heavy (non-hydrogen) atoms. The molecule has 3 fully saturated rings. The summed E-state index contributed by atoms with van der Waals surface area (Å²) in [6.07, 6.45) is 3.42. The number of esters is 1. The van der Waals surface area contributed by atoms with Gasteiger partial charge in [-0.15, -0.1) is 0 Å². The lowest BCUT2D eigenvalue weighted by atomic mass is 9.72. The van der Waals surface area contributed by atoms with Gasteiger partial charge in [0.15, 0.2) is 12.1 Å². The molecule has 3 aliphatic rings. The van der Waals surface area contributed by atoms with E-state index in [0.717, 1.165) is 32.2 Å². The van der Waals surface area contributed by atoms with Crippen molar-refractivity contribution in [3.05, 3.63) is 0 Å². The van der Waals surface area contributed by atoms with Crippen molar-refractivity contribution in [2.75, 3.05) is 48.5 Å². The van der Waals surface area contributed by atoms with Crippen molar-refractivity contribution in [2.24, 2.45) is 23.2 Å². The maximum Gasteiger partial charge on any atom is 0.319 e. The van der Waals surface area contributed by atoms with Crippen LogP contribution in [0.3, 0.4) is 0 Å². The minimum Gasteiger partial charge on any atom is -0.463 e. The van der Waals surface area contributed by atoms with Gasteiger partial charge in [-0.1, -0.05) is 20.8 Å². The summed E-state index contributed by atoms with van der Waals surface area (Å²) in [6.45, 7) is 12.4. The highest BCUT2D eigenvalue weighted by molar-refractivity contribution is 6.04. The first-order chi connectivity index (χ1) is 20.6. The number of likely N-dealkylation sites (N-methyl/N-ethyl adjacent to an activating group) is 2. The zero-order valence-corrected chi connectivity index (χ0v) is 29.4. The maximum absolute atomic E-state index is 14.3. The van der Waals surface area contributed by atoms with E-state index in [4.69, 9.17) is 18.9 Å². The third kappa shape index (κ3) is 8.22. The molecular formula is C34H63N3O7. The van der Waals surface area contributed by atoms with Crippen LogP contribution in [0.4, 0.5) is 0 Å². The molecule has 0 bridgehead atoms. The summed E-state index contributed by atoms with van der Waals surface area (Å²) in [5.41, 5.74) is -2.26. The molecule has 1 aliphatic carbocycles. The first-order valence-electron chi connectivity index (χ1n) is 16.9. The van der Waals surface area contributed by atoms with E-state index in [2.05, 4.69) is 31.1 Å². The molecule has 2 N–H and O–H groups in total. The lowest BCUT2D eigenvalue weighted by molar-refractivity contribution is -0.298. The van der Waals surface area contributed by atoms with E-state index in [1.54, 1.807) is 21.0 Å². The summed E-state index contributed by atoms with van der Waals surface area (Å²) < 4.78 is 25.3. The average molecular weight is 626 g/mol. The van der Waals surface area contributed by atoms with Gasteiger partial charge in [0.05, 0.1) is 17.8 Å². The fraction of sp³-hybridized carbons (Fsp3) is 0.941. The summed E-state index contributed by atoms with van der Waals surface area (Å²) >= 11 is 0. The maximum atomic E-state index is 14.3. The number of carbonyl (C=O) groups excluding carboxylic acids is 2. The number of aliphatic hydroxyl groups is 1. The second-order valence-corrected chi connectivity index (χ2v) is 14.8. The van der Waals surface area contributed by atoms with E-state index >= 15 is 0 Å². The van der Waals surface area contributed by atoms with Crippen molar-refractivity contribution in [2.45, 2.75) is 135 Å². The fourth-order valence-electron chi connectivity index (χ4n) is 8.15. The van der Waals surface area contributed by atoms with Crippen molar-refractivity contribution >= 4 is 11.8 Å². The van der Waals surface area contributed by atoms with E-state index in [1.807, 2.05) is 39.9 Å². The number of ketones is 1. The number of aliphatic hydroxyl groups excluding tert-OH is 1. The second kappa shape index (κ2) is 15.6. The number of ether oxygens (including phenoxy) is 4. The smallest absolute Gasteiger partial charge is 0.319 e. The van der Waals surface area contributed by atoms with Crippen LogP contribution in [-0.2, 0) is 28.5 Å². The van der Waals surface area contributed by atoms with Crippen LogP contribution in [0.15, 0.2) is 0 Å². The Labute approximate surface area is 266 Å². The lowest BCUT2D eigenvalue weighted by Gasteiger charge is -2.48. The summed E-state index contributed by atoms with van der Waals surface area (Å²) in [5.74, 6) is -0.937. The Morgan fingerprint density at radius 1 is 1.11 bits per heavy atom. The van der Waals surface area contributed by atoms with E-state index in [0.29, 0.717) is 31.2 Å². The Balaban J connectivity index is 2.01. The molecule has 2 heterocycles. The van der Waals surface area contributed by atoms with Gasteiger partial charge in [0.2, 0.25) is 0 Å². The predicted octanol–water partition coefficient (Wildman–Crippen LogP) is 3.49. The third-order valence-electron chi connectivity index (χ3n) is 11.0. The summed E-state index contributed by atoms with van der Waals surface area (Å²) in [5, 5.41) is 14.8. The number of nitrogens with one attached hydrogen (secondary N) is 1. The van der Waals surface area contributed by atoms with Gasteiger partial charge >= 0.3 is 5.97 Å². The van der Waals surface area contributed by atoms with Crippen molar-refractivity contribution in [1.29, 1.82) is 0 Å². The molecule has 0 aromatic carbocycles. The van der Waals surface area contributed by atoms with Crippen LogP contribution in [0.25, 0.3) is 0 Å². The van der Waals surface area contributed by atoms with Crippen LogP contribution in [0.5, 0.6) is 0 Å². The Bertz CT molecular complexity index is 934. The number of hydrogen-bond acceptors (Lipinski definition) is 10. The molecule has 256 valence electrons. The molecule has 9 atom stereocenters. The largest absolute Gasteiger partial charge is 0.463 e. The molecule has 1 saturated carbocycles. The summed E-state index contributed by atoms with van der Waals surface area (Å²) in [7, 11) is 9.70. The minimum atomic E-state index is -1.40. The Kier molecular flexibility index (Phi) is 13.3. The molecule has 2 saturated heterocycles. The number of rotatable bonds is 7. The molecular weight excluding hydrogens is 562 g/mol. The Morgan fingerprint density at radius 2 is 1.75 bits per heavy atom. The van der Waals surface area contributed by atoms with Gasteiger partial charge in [-0.3, -0.25) is 14.5 Å². The van der Waals surface area contributed by atoms with Gasteiger partial charge in [-0.2, -0.15) is 0 Å². The third-order valence-corrected chi connectivity index (χ3v) is 11.0. The van der Waals surface area contributed by atoms with Crippen molar-refractivity contribution in [1.82, 2.24) is 15.1 Å². The zero-order valence-electron chi connectivity index (χ0n) is 29.4. The van der Waals surface area contributed by atoms with Crippen LogP contribution in [0, 0.1) is 23.2 Å². The summed E-state index contributed by atoms with van der Waals surface area (Å²) in [4.78, 5) is 32.3. The van der Waals surface area contributed by atoms with Gasteiger partial charge < -0.3 is 34.3 Å². The van der Waals surface area contributed by atoms with Gasteiger partial charge in [-0.05, 0) is 106 Å². The molecule has 10 nitrogen and oxygen atoms in total. The van der Waals surface area contributed by atoms with E-state index in [1.165, 1.54) is 0 Å². The number of cyclic esters (lactones) is 1. The van der Waals surface area contributed by atoms with Crippen LogP contribution in [-0.4, -0.2) is 123 Å². The SMILES string of the molecule is CC[C@@]1(OC)C[C@@H](C)CN(C)[C@@H](C2CCC(NC)CC2)COC(=O)C(C)(C)C(=O)[C@H](C)[C@H]1O[C@@H]1O[C@H](C)C[C@H](N(C)C)[C@H]1O. The van der Waals surface area contributed by atoms with Crippen LogP contribution >= 0.6 is 0 Å². The first kappa shape index (κ1) is 37.3. The molecule has 3 rings (SSSR count). The monoisotopic (exact) mass is 625 g/mol. The molecule has 0 aromatic heterocycles. The van der Waals surface area contributed by atoms with Crippen LogP contribution < -0.4 is 5.32 Å². The predicted molar refractivity (Wildman–Crippen MR) is 171 cm³/mol. The molecule has 0 aromatic rings. The van der Waals surface area contributed by atoms with Crippen LogP contribution in [0.2, 0.25) is 0 Å². The van der Waals surface area contributed by atoms with E-state index in [-0.39, 0.29) is 36.5 Å². The topological polar surface area (TPSA) is 110 Å². The van der Waals surface area contributed by atoms with Crippen molar-refractivity contribution < 1.29 is 33.6 Å². The molecule has 0 spiro atoms. The van der Waals surface area contributed by atoms with Gasteiger partial charge in [0.25, 0.3) is 0 Å². The molecule has 10 heteroatoms. The zero-order chi connectivity index (χ0) is 33.0. The minimum absolute atomic E-state index is 0.0594. The normalized spacial score (nSPS) is 41.8. The van der Waals surface area contributed by atoms with Crippen LogP contribution in [0.1, 0.15) is 86.5 Å². The number of nitrogens with zero attached hydrogens (tertiary/aromatic N) is 2. The molecule has 0 unspecified atom stereocenters. The van der Waals surface area contributed by atoms with Gasteiger partial charge in [0, 0.05) is 37.7 Å². The molecule has 2 aliphatic heterocycles. The highest BCUT2D eigenvalue weighted by atomic mass is 16.7.